The van der Waals surface area contributed by atoms with Gasteiger partial charge in [0.05, 0.1) is 13.2 Å². The molecule has 0 aliphatic heterocycles. The van der Waals surface area contributed by atoms with Crippen LogP contribution in [0.5, 0.6) is 11.5 Å². The van der Waals surface area contributed by atoms with Gasteiger partial charge in [-0.2, -0.15) is 0 Å². The Morgan fingerprint density at radius 3 is 1.17 bits per heavy atom. The van der Waals surface area contributed by atoms with Crippen LogP contribution in [0.3, 0.4) is 0 Å². The number of oxime groups is 2. The number of hydrogen-bond donors (Lipinski definition) is 2. The van der Waals surface area contributed by atoms with Crippen LogP contribution in [-0.4, -0.2) is 35.1 Å². The van der Waals surface area contributed by atoms with E-state index in [1.807, 2.05) is 109 Å². The molecule has 0 atom stereocenters. The van der Waals surface area contributed by atoms with Gasteiger partial charge in [0.2, 0.25) is 0 Å². The molecule has 176 valence electrons. The summed E-state index contributed by atoms with van der Waals surface area (Å²) in [5.74, 6) is 1.47. The van der Waals surface area contributed by atoms with Crippen LogP contribution in [0.1, 0.15) is 28.7 Å². The van der Waals surface area contributed by atoms with Crippen LogP contribution in [0, 0.1) is 0 Å². The molecule has 0 amide bonds. The average molecular weight is 467 g/mol. The second-order valence-corrected chi connectivity index (χ2v) is 7.73. The molecule has 0 bridgehead atoms. The molecule has 0 radical (unpaired) electrons. The standard InChI is InChI=1S/C29H26N2O4/c32-30-28(22-8-3-1-4-9-22)24-12-16-26(17-13-24)34-20-7-21-35-27-18-14-25(15-19-27)29(31-33)23-10-5-2-6-11-23/h1-6,8-19,32-33H,7,20-21H2. The molecular formula is C29H26N2O4. The summed E-state index contributed by atoms with van der Waals surface area (Å²) in [7, 11) is 0. The number of rotatable bonds is 10. The van der Waals surface area contributed by atoms with E-state index in [2.05, 4.69) is 10.3 Å². The maximum atomic E-state index is 9.43. The lowest BCUT2D eigenvalue weighted by Crippen LogP contribution is -2.06. The Bertz CT molecular complexity index is 1150. The van der Waals surface area contributed by atoms with Gasteiger partial charge >= 0.3 is 0 Å². The Morgan fingerprint density at radius 2 is 0.829 bits per heavy atom. The van der Waals surface area contributed by atoms with Gasteiger partial charge in [-0.05, 0) is 48.5 Å². The molecule has 0 fully saturated rings. The molecule has 6 heteroatoms. The average Bonchev–Trinajstić information content (AvgIpc) is 2.92. The summed E-state index contributed by atoms with van der Waals surface area (Å²) >= 11 is 0. The Kier molecular flexibility index (Phi) is 8.11. The fourth-order valence-corrected chi connectivity index (χ4v) is 3.61. The van der Waals surface area contributed by atoms with Gasteiger partial charge in [-0.15, -0.1) is 0 Å². The lowest BCUT2D eigenvalue weighted by Gasteiger charge is -2.10. The fourth-order valence-electron chi connectivity index (χ4n) is 3.61. The summed E-state index contributed by atoms with van der Waals surface area (Å²) in [5.41, 5.74) is 4.32. The third kappa shape index (κ3) is 6.26. The highest BCUT2D eigenvalue weighted by Crippen LogP contribution is 2.18. The Labute approximate surface area is 204 Å². The second kappa shape index (κ2) is 12.0. The first-order chi connectivity index (χ1) is 17.3. The van der Waals surface area contributed by atoms with Crippen molar-refractivity contribution in [2.24, 2.45) is 10.3 Å². The van der Waals surface area contributed by atoms with E-state index in [-0.39, 0.29) is 0 Å². The molecule has 0 saturated carbocycles. The predicted molar refractivity (Wildman–Crippen MR) is 136 cm³/mol. The smallest absolute Gasteiger partial charge is 0.119 e. The Morgan fingerprint density at radius 1 is 0.486 bits per heavy atom. The first-order valence-corrected chi connectivity index (χ1v) is 11.3. The summed E-state index contributed by atoms with van der Waals surface area (Å²) in [6, 6.07) is 33.9. The van der Waals surface area contributed by atoms with E-state index < -0.39 is 0 Å². The first kappa shape index (κ1) is 23.6. The quantitative estimate of drug-likeness (QED) is 0.130. The van der Waals surface area contributed by atoms with Crippen LogP contribution in [-0.2, 0) is 0 Å². The van der Waals surface area contributed by atoms with Crippen LogP contribution < -0.4 is 9.47 Å². The van der Waals surface area contributed by atoms with Gasteiger partial charge in [-0.1, -0.05) is 71.0 Å². The van der Waals surface area contributed by atoms with Crippen LogP contribution >= 0.6 is 0 Å². The van der Waals surface area contributed by atoms with Gasteiger partial charge in [0.15, 0.2) is 0 Å². The van der Waals surface area contributed by atoms with E-state index in [1.54, 1.807) is 0 Å². The molecule has 4 aromatic carbocycles. The van der Waals surface area contributed by atoms with Crippen LogP contribution in [0.2, 0.25) is 0 Å². The van der Waals surface area contributed by atoms with E-state index >= 15 is 0 Å². The monoisotopic (exact) mass is 466 g/mol. The highest BCUT2D eigenvalue weighted by atomic mass is 16.5. The zero-order chi connectivity index (χ0) is 24.3. The number of ether oxygens (including phenoxy) is 2. The number of nitrogens with zero attached hydrogens (tertiary/aromatic N) is 2. The molecule has 2 N–H and O–H groups in total. The molecule has 0 spiro atoms. The van der Waals surface area contributed by atoms with Gasteiger partial charge in [0, 0.05) is 28.7 Å². The van der Waals surface area contributed by atoms with E-state index in [0.29, 0.717) is 31.1 Å². The van der Waals surface area contributed by atoms with Gasteiger partial charge in [-0.25, -0.2) is 0 Å². The second-order valence-electron chi connectivity index (χ2n) is 7.73. The summed E-state index contributed by atoms with van der Waals surface area (Å²) in [4.78, 5) is 0. The molecule has 0 heterocycles. The Balaban J connectivity index is 1.23. The minimum atomic E-state index is 0.506. The van der Waals surface area contributed by atoms with Crippen molar-refractivity contribution in [2.45, 2.75) is 6.42 Å². The van der Waals surface area contributed by atoms with Gasteiger partial charge in [0.1, 0.15) is 22.9 Å². The Hall–Kier alpha value is -4.58. The molecule has 0 unspecified atom stereocenters. The molecule has 0 aromatic heterocycles. The molecule has 4 rings (SSSR count). The van der Waals surface area contributed by atoms with Gasteiger partial charge < -0.3 is 19.9 Å². The van der Waals surface area contributed by atoms with E-state index in [4.69, 9.17) is 9.47 Å². The van der Waals surface area contributed by atoms with E-state index in [0.717, 1.165) is 33.8 Å². The van der Waals surface area contributed by atoms with E-state index in [1.165, 1.54) is 0 Å². The zero-order valence-corrected chi connectivity index (χ0v) is 19.1. The van der Waals surface area contributed by atoms with Crippen molar-refractivity contribution in [3.63, 3.8) is 0 Å². The predicted octanol–water partition coefficient (Wildman–Crippen LogP) is 5.99. The van der Waals surface area contributed by atoms with Crippen molar-refractivity contribution in [1.29, 1.82) is 0 Å². The van der Waals surface area contributed by atoms with Gasteiger partial charge in [-0.3, -0.25) is 0 Å². The van der Waals surface area contributed by atoms with Crippen LogP contribution in [0.4, 0.5) is 0 Å². The van der Waals surface area contributed by atoms with Crippen molar-refractivity contribution in [3.05, 3.63) is 131 Å². The molecule has 0 aliphatic rings. The van der Waals surface area contributed by atoms with Crippen molar-refractivity contribution in [3.8, 4) is 11.5 Å². The maximum Gasteiger partial charge on any atom is 0.119 e. The highest BCUT2D eigenvalue weighted by molar-refractivity contribution is 6.13. The van der Waals surface area contributed by atoms with Crippen molar-refractivity contribution in [2.75, 3.05) is 13.2 Å². The van der Waals surface area contributed by atoms with Crippen LogP contribution in [0.25, 0.3) is 0 Å². The first-order valence-electron chi connectivity index (χ1n) is 11.3. The van der Waals surface area contributed by atoms with E-state index in [9.17, 15) is 10.4 Å². The molecule has 0 saturated heterocycles. The summed E-state index contributed by atoms with van der Waals surface area (Å²) in [5, 5.41) is 25.8. The topological polar surface area (TPSA) is 83.6 Å². The molecule has 4 aromatic rings. The van der Waals surface area contributed by atoms with Gasteiger partial charge in [0.25, 0.3) is 0 Å². The van der Waals surface area contributed by atoms with Crippen LogP contribution in [0.15, 0.2) is 120 Å². The SMILES string of the molecule is ON=C(c1ccccc1)c1ccc(OCCCOc2ccc(C(=NO)c3ccccc3)cc2)cc1. The molecular weight excluding hydrogens is 440 g/mol. The van der Waals surface area contributed by atoms with Crippen molar-refractivity contribution in [1.82, 2.24) is 0 Å². The minimum absolute atomic E-state index is 0.506. The number of benzene rings is 4. The normalized spacial score (nSPS) is 11.8. The zero-order valence-electron chi connectivity index (χ0n) is 19.1. The molecule has 35 heavy (non-hydrogen) atoms. The third-order valence-corrected chi connectivity index (χ3v) is 5.38. The highest BCUT2D eigenvalue weighted by Gasteiger charge is 2.09. The largest absolute Gasteiger partial charge is 0.493 e. The lowest BCUT2D eigenvalue weighted by atomic mass is 10.0. The summed E-state index contributed by atoms with van der Waals surface area (Å²) in [6.07, 6.45) is 0.713. The minimum Gasteiger partial charge on any atom is -0.493 e. The summed E-state index contributed by atoms with van der Waals surface area (Å²) in [6.45, 7) is 1.01. The fraction of sp³-hybridized carbons (Fsp3) is 0.103. The third-order valence-electron chi connectivity index (χ3n) is 5.38. The lowest BCUT2D eigenvalue weighted by molar-refractivity contribution is 0.247. The molecule has 0 aliphatic carbocycles. The van der Waals surface area contributed by atoms with Crippen molar-refractivity contribution >= 4 is 11.4 Å². The van der Waals surface area contributed by atoms with Crippen molar-refractivity contribution < 1.29 is 19.9 Å². The maximum absolute atomic E-state index is 9.43. The molecule has 6 nitrogen and oxygen atoms in total. The summed E-state index contributed by atoms with van der Waals surface area (Å²) < 4.78 is 11.6. The number of hydrogen-bond acceptors (Lipinski definition) is 6.